The lowest BCUT2D eigenvalue weighted by atomic mass is 10.1. The highest BCUT2D eigenvalue weighted by Crippen LogP contribution is 2.28. The van der Waals surface area contributed by atoms with E-state index in [2.05, 4.69) is 0 Å². The van der Waals surface area contributed by atoms with Crippen molar-refractivity contribution < 1.29 is 29.0 Å². The Morgan fingerprint density at radius 1 is 1.09 bits per heavy atom. The van der Waals surface area contributed by atoms with Crippen LogP contribution in [0, 0.1) is 0 Å². The van der Waals surface area contributed by atoms with Gasteiger partial charge in [-0.1, -0.05) is 37.3 Å². The van der Waals surface area contributed by atoms with Crippen LogP contribution in [0.1, 0.15) is 25.3 Å². The van der Waals surface area contributed by atoms with Crippen LogP contribution < -0.4 is 9.64 Å². The first-order valence-electron chi connectivity index (χ1n) is 10.8. The van der Waals surface area contributed by atoms with Crippen molar-refractivity contribution in [3.63, 3.8) is 0 Å². The third kappa shape index (κ3) is 6.06. The van der Waals surface area contributed by atoms with Gasteiger partial charge in [0.1, 0.15) is 11.8 Å². The van der Waals surface area contributed by atoms with E-state index in [0.717, 1.165) is 29.0 Å². The van der Waals surface area contributed by atoms with Crippen molar-refractivity contribution >= 4 is 29.4 Å². The maximum atomic E-state index is 13.2. The number of rotatable bonds is 10. The van der Waals surface area contributed by atoms with Crippen LogP contribution in [0.15, 0.2) is 66.7 Å². The highest BCUT2D eigenvalue weighted by Gasteiger charge is 2.43. The van der Waals surface area contributed by atoms with Crippen molar-refractivity contribution in [2.45, 2.75) is 32.2 Å². The molecule has 2 aromatic carbocycles. The van der Waals surface area contributed by atoms with Gasteiger partial charge in [0, 0.05) is 18.7 Å². The van der Waals surface area contributed by atoms with Gasteiger partial charge >= 0.3 is 5.97 Å². The number of carboxylic acids is 1. The van der Waals surface area contributed by atoms with E-state index in [1.165, 1.54) is 4.90 Å². The van der Waals surface area contributed by atoms with E-state index < -0.39 is 29.7 Å². The summed E-state index contributed by atoms with van der Waals surface area (Å²) in [4.78, 5) is 51.9. The summed E-state index contributed by atoms with van der Waals surface area (Å²) in [5.41, 5.74) is 1.35. The summed E-state index contributed by atoms with van der Waals surface area (Å²) in [5, 5.41) is 8.88. The quantitative estimate of drug-likeness (QED) is 0.441. The zero-order chi connectivity index (χ0) is 23.8. The molecule has 0 unspecified atom stereocenters. The highest BCUT2D eigenvalue weighted by atomic mass is 16.5. The summed E-state index contributed by atoms with van der Waals surface area (Å²) < 4.78 is 5.54. The number of carbonyl (C=O) groups excluding carboxylic acids is 3. The van der Waals surface area contributed by atoms with Gasteiger partial charge < -0.3 is 14.7 Å². The third-order valence-corrected chi connectivity index (χ3v) is 5.20. The number of aliphatic carboxylic acids is 1. The summed E-state index contributed by atoms with van der Waals surface area (Å²) in [5.74, 6) is -2.22. The zero-order valence-corrected chi connectivity index (χ0v) is 18.3. The first-order chi connectivity index (χ1) is 15.9. The van der Waals surface area contributed by atoms with Gasteiger partial charge in [-0.15, -0.1) is 0 Å². The summed E-state index contributed by atoms with van der Waals surface area (Å²) in [6.45, 7) is 2.71. The fourth-order valence-corrected chi connectivity index (χ4v) is 3.59. The Balaban J connectivity index is 1.80. The topological polar surface area (TPSA) is 104 Å². The Hall–Kier alpha value is -3.94. The summed E-state index contributed by atoms with van der Waals surface area (Å²) in [6.07, 6.45) is 2.78. The number of benzene rings is 2. The SMILES string of the molecule is CCCOc1ccc(N2C(=O)C[C@H](N(CCc3ccccc3)C(=O)/C=C/C(=O)O)C2=O)cc1. The highest BCUT2D eigenvalue weighted by molar-refractivity contribution is 6.23. The van der Waals surface area contributed by atoms with Crippen LogP contribution >= 0.6 is 0 Å². The molecule has 0 aliphatic carbocycles. The first kappa shape index (κ1) is 23.7. The maximum absolute atomic E-state index is 13.2. The number of hydrogen-bond donors (Lipinski definition) is 1. The Kier molecular flexibility index (Phi) is 7.96. The average Bonchev–Trinajstić information content (AvgIpc) is 3.11. The van der Waals surface area contributed by atoms with E-state index in [0.29, 0.717) is 24.5 Å². The molecule has 1 N–H and O–H groups in total. The molecule has 0 aromatic heterocycles. The van der Waals surface area contributed by atoms with Gasteiger partial charge in [-0.05, 0) is 42.7 Å². The van der Waals surface area contributed by atoms with Crippen LogP contribution in [0.5, 0.6) is 5.75 Å². The zero-order valence-electron chi connectivity index (χ0n) is 18.3. The van der Waals surface area contributed by atoms with Gasteiger partial charge in [0.15, 0.2) is 0 Å². The molecular formula is C25H26N2O6. The molecule has 2 aromatic rings. The molecule has 1 saturated heterocycles. The number of nitrogens with zero attached hydrogens (tertiary/aromatic N) is 2. The molecule has 8 heteroatoms. The molecule has 1 atom stereocenters. The van der Waals surface area contributed by atoms with Crippen LogP contribution in [-0.2, 0) is 25.6 Å². The lowest BCUT2D eigenvalue weighted by Gasteiger charge is -2.26. The number of imide groups is 1. The fraction of sp³-hybridized carbons (Fsp3) is 0.280. The molecule has 8 nitrogen and oxygen atoms in total. The van der Waals surface area contributed by atoms with Crippen molar-refractivity contribution in [2.24, 2.45) is 0 Å². The number of carbonyl (C=O) groups is 4. The monoisotopic (exact) mass is 450 g/mol. The molecule has 0 radical (unpaired) electrons. The largest absolute Gasteiger partial charge is 0.494 e. The molecule has 1 aliphatic rings. The van der Waals surface area contributed by atoms with Crippen LogP contribution in [0.3, 0.4) is 0 Å². The summed E-state index contributed by atoms with van der Waals surface area (Å²) >= 11 is 0. The Bertz CT molecular complexity index is 1030. The van der Waals surface area contributed by atoms with Crippen molar-refractivity contribution in [2.75, 3.05) is 18.1 Å². The molecular weight excluding hydrogens is 424 g/mol. The number of amides is 3. The van der Waals surface area contributed by atoms with Crippen LogP contribution in [0.25, 0.3) is 0 Å². The van der Waals surface area contributed by atoms with Gasteiger partial charge in [-0.25, -0.2) is 9.69 Å². The van der Waals surface area contributed by atoms with E-state index in [-0.39, 0.29) is 13.0 Å². The Morgan fingerprint density at radius 3 is 2.42 bits per heavy atom. The second-order valence-corrected chi connectivity index (χ2v) is 7.57. The fourth-order valence-electron chi connectivity index (χ4n) is 3.59. The number of anilines is 1. The Labute approximate surface area is 192 Å². The average molecular weight is 450 g/mol. The second-order valence-electron chi connectivity index (χ2n) is 7.57. The third-order valence-electron chi connectivity index (χ3n) is 5.20. The van der Waals surface area contributed by atoms with Crippen molar-refractivity contribution in [1.82, 2.24) is 4.90 Å². The molecule has 3 amide bonds. The van der Waals surface area contributed by atoms with E-state index in [9.17, 15) is 19.2 Å². The van der Waals surface area contributed by atoms with Crippen LogP contribution in [0.4, 0.5) is 5.69 Å². The number of hydrogen-bond acceptors (Lipinski definition) is 5. The first-order valence-corrected chi connectivity index (χ1v) is 10.8. The van der Waals surface area contributed by atoms with Gasteiger partial charge in [0.2, 0.25) is 11.8 Å². The predicted molar refractivity (Wildman–Crippen MR) is 122 cm³/mol. The molecule has 33 heavy (non-hydrogen) atoms. The van der Waals surface area contributed by atoms with Crippen LogP contribution in [-0.4, -0.2) is 52.9 Å². The molecule has 172 valence electrons. The van der Waals surface area contributed by atoms with Gasteiger partial charge in [-0.2, -0.15) is 0 Å². The normalized spacial score (nSPS) is 15.8. The van der Waals surface area contributed by atoms with E-state index in [4.69, 9.17) is 9.84 Å². The predicted octanol–water partition coefficient (Wildman–Crippen LogP) is 2.82. The van der Waals surface area contributed by atoms with E-state index in [1.807, 2.05) is 37.3 Å². The standard InChI is InChI=1S/C25H26N2O6/c1-2-16-33-20-10-8-19(9-11-20)27-23(29)17-21(25(27)32)26(22(28)12-13-24(30)31)15-14-18-6-4-3-5-7-18/h3-13,21H,2,14-17H2,1H3,(H,30,31)/b13-12+/t21-/m0/s1. The minimum absolute atomic E-state index is 0.161. The minimum atomic E-state index is -1.27. The van der Waals surface area contributed by atoms with E-state index >= 15 is 0 Å². The number of carboxylic acid groups (broad SMARTS) is 1. The lowest BCUT2D eigenvalue weighted by molar-refractivity contribution is -0.135. The summed E-state index contributed by atoms with van der Waals surface area (Å²) in [7, 11) is 0. The van der Waals surface area contributed by atoms with Crippen molar-refractivity contribution in [3.05, 3.63) is 72.3 Å². The molecule has 3 rings (SSSR count). The van der Waals surface area contributed by atoms with Gasteiger partial charge in [0.05, 0.1) is 18.7 Å². The van der Waals surface area contributed by atoms with Crippen molar-refractivity contribution in [3.8, 4) is 5.75 Å². The Morgan fingerprint density at radius 2 is 1.79 bits per heavy atom. The molecule has 1 aliphatic heterocycles. The molecule has 0 bridgehead atoms. The molecule has 1 heterocycles. The second kappa shape index (κ2) is 11.1. The summed E-state index contributed by atoms with van der Waals surface area (Å²) in [6, 6.07) is 15.0. The minimum Gasteiger partial charge on any atom is -0.494 e. The lowest BCUT2D eigenvalue weighted by Crippen LogP contribution is -2.45. The molecule has 1 fully saturated rings. The number of ether oxygens (including phenoxy) is 1. The molecule has 0 saturated carbocycles. The smallest absolute Gasteiger partial charge is 0.328 e. The maximum Gasteiger partial charge on any atom is 0.328 e. The van der Waals surface area contributed by atoms with Crippen LogP contribution in [0.2, 0.25) is 0 Å². The van der Waals surface area contributed by atoms with E-state index in [1.54, 1.807) is 24.3 Å². The van der Waals surface area contributed by atoms with Gasteiger partial charge in [-0.3, -0.25) is 14.4 Å². The van der Waals surface area contributed by atoms with Gasteiger partial charge in [0.25, 0.3) is 5.91 Å². The molecule has 0 spiro atoms. The van der Waals surface area contributed by atoms with Crippen molar-refractivity contribution in [1.29, 1.82) is 0 Å².